The average Bonchev–Trinajstić information content (AvgIpc) is 2.80. The Morgan fingerprint density at radius 3 is 1.89 bits per heavy atom. The van der Waals surface area contributed by atoms with Crippen LogP contribution in [0.3, 0.4) is 0 Å². The van der Waals surface area contributed by atoms with Crippen molar-refractivity contribution in [3.8, 4) is 11.5 Å². The van der Waals surface area contributed by atoms with Gasteiger partial charge in [-0.15, -0.1) is 0 Å². The maximum atomic E-state index is 11.1. The lowest BCUT2D eigenvalue weighted by Gasteiger charge is -1.97. The molecular formula is C15H13N3O9. The first-order chi connectivity index (χ1) is 12.7. The van der Waals surface area contributed by atoms with Gasteiger partial charge in [-0.25, -0.2) is 0 Å². The fourth-order valence-corrected chi connectivity index (χ4v) is 1.76. The molecular weight excluding hydrogens is 366 g/mol. The second kappa shape index (κ2) is 9.41. The van der Waals surface area contributed by atoms with Crippen LogP contribution >= 0.6 is 0 Å². The van der Waals surface area contributed by atoms with Gasteiger partial charge in [0.25, 0.3) is 11.4 Å². The van der Waals surface area contributed by atoms with Gasteiger partial charge in [-0.2, -0.15) is 0 Å². The highest BCUT2D eigenvalue weighted by atomic mass is 16.6. The van der Waals surface area contributed by atoms with Crippen LogP contribution in [0.1, 0.15) is 6.92 Å². The topological polar surface area (TPSA) is 176 Å². The molecule has 1 N–H and O–H groups in total. The van der Waals surface area contributed by atoms with Crippen LogP contribution in [0.5, 0.6) is 11.5 Å². The zero-order chi connectivity index (χ0) is 20.6. The van der Waals surface area contributed by atoms with Gasteiger partial charge in [0.05, 0.1) is 33.5 Å². The zero-order valence-corrected chi connectivity index (χ0v) is 13.8. The Kier molecular flexibility index (Phi) is 7.30. The van der Waals surface area contributed by atoms with Gasteiger partial charge in [0.1, 0.15) is 0 Å². The molecule has 0 heterocycles. The Morgan fingerprint density at radius 1 is 0.926 bits per heavy atom. The predicted octanol–water partition coefficient (Wildman–Crippen LogP) is 2.56. The molecule has 2 aromatic rings. The Balaban J connectivity index is 0.000000289. The van der Waals surface area contributed by atoms with Crippen LogP contribution in [-0.4, -0.2) is 26.5 Å². The van der Waals surface area contributed by atoms with E-state index in [-0.39, 0.29) is 5.43 Å². The van der Waals surface area contributed by atoms with Crippen molar-refractivity contribution in [1.29, 1.82) is 0 Å². The van der Waals surface area contributed by atoms with Crippen LogP contribution in [0.25, 0.3) is 0 Å². The fourth-order valence-electron chi connectivity index (χ4n) is 1.76. The number of ether oxygens (including phenoxy) is 1. The van der Waals surface area contributed by atoms with Gasteiger partial charge in [0.2, 0.25) is 5.43 Å². The summed E-state index contributed by atoms with van der Waals surface area (Å²) in [4.78, 5) is 38.9. The number of benzene rings is 1. The molecule has 0 fully saturated rings. The normalized spacial score (nSPS) is 9.52. The summed E-state index contributed by atoms with van der Waals surface area (Å²) in [6.07, 6.45) is 0. The molecule has 0 radical (unpaired) electrons. The minimum Gasteiger partial charge on any atom is -0.497 e. The highest BCUT2D eigenvalue weighted by Gasteiger charge is 2.30. The highest BCUT2D eigenvalue weighted by molar-refractivity contribution is 5.64. The molecule has 0 aliphatic heterocycles. The van der Waals surface area contributed by atoms with Crippen molar-refractivity contribution < 1.29 is 24.6 Å². The number of hydrogen-bond donors (Lipinski definition) is 1. The number of phenols is 1. The van der Waals surface area contributed by atoms with Gasteiger partial charge in [0, 0.05) is 0 Å². The van der Waals surface area contributed by atoms with Crippen molar-refractivity contribution in [3.05, 3.63) is 83.0 Å². The van der Waals surface area contributed by atoms with Crippen molar-refractivity contribution in [3.63, 3.8) is 0 Å². The molecule has 0 aliphatic rings. The Labute approximate surface area is 150 Å². The zero-order valence-electron chi connectivity index (χ0n) is 13.8. The lowest BCUT2D eigenvalue weighted by Crippen LogP contribution is -2.02. The van der Waals surface area contributed by atoms with E-state index in [9.17, 15) is 35.1 Å². The molecule has 0 saturated carbocycles. The molecule has 0 spiro atoms. The minimum atomic E-state index is -1.21. The fraction of sp³-hybridized carbons (Fsp3) is 0.133. The Bertz CT molecular complexity index is 895. The Morgan fingerprint density at radius 2 is 1.44 bits per heavy atom. The van der Waals surface area contributed by atoms with Gasteiger partial charge in [-0.1, -0.05) is 18.2 Å². The first-order valence-electron chi connectivity index (χ1n) is 7.21. The number of rotatable bonds is 5. The number of aromatic hydroxyl groups is 1. The van der Waals surface area contributed by atoms with Gasteiger partial charge in [0.15, 0.2) is 5.75 Å². The van der Waals surface area contributed by atoms with Gasteiger partial charge < -0.3 is 9.84 Å². The quantitative estimate of drug-likeness (QED) is 0.604. The number of hydrogen-bond acceptors (Lipinski definition) is 9. The summed E-state index contributed by atoms with van der Waals surface area (Å²) in [5.74, 6) is -0.793. The van der Waals surface area contributed by atoms with Crippen molar-refractivity contribution in [2.45, 2.75) is 6.92 Å². The molecule has 142 valence electrons. The van der Waals surface area contributed by atoms with Crippen LogP contribution in [0.4, 0.5) is 17.1 Å². The van der Waals surface area contributed by atoms with Gasteiger partial charge in [-0.05, 0) is 19.1 Å². The molecule has 2 aromatic carbocycles. The molecule has 12 heteroatoms. The van der Waals surface area contributed by atoms with E-state index in [0.29, 0.717) is 24.5 Å². The molecule has 0 aliphatic carbocycles. The van der Waals surface area contributed by atoms with E-state index < -0.39 is 37.6 Å². The summed E-state index contributed by atoms with van der Waals surface area (Å²) in [7, 11) is 0. The summed E-state index contributed by atoms with van der Waals surface area (Å²) < 4.78 is 5.08. The third kappa shape index (κ3) is 5.74. The lowest BCUT2D eigenvalue weighted by atomic mass is 10.2. The van der Waals surface area contributed by atoms with Crippen molar-refractivity contribution in [2.75, 3.05) is 6.61 Å². The third-order valence-electron chi connectivity index (χ3n) is 2.92. The van der Waals surface area contributed by atoms with Crippen molar-refractivity contribution >= 4 is 17.1 Å². The highest BCUT2D eigenvalue weighted by Crippen LogP contribution is 2.38. The molecule has 0 aromatic heterocycles. The first kappa shape index (κ1) is 21.0. The molecule has 0 atom stereocenters. The van der Waals surface area contributed by atoms with E-state index in [1.165, 1.54) is 6.07 Å². The summed E-state index contributed by atoms with van der Waals surface area (Å²) in [5.41, 5.74) is -3.07. The number of nitro benzene ring substituents is 3. The summed E-state index contributed by atoms with van der Waals surface area (Å²) in [6.45, 7) is 2.38. The maximum absolute atomic E-state index is 11.1. The molecule has 2 rings (SSSR count). The molecule has 0 unspecified atom stereocenters. The molecule has 0 saturated heterocycles. The second-order valence-electron chi connectivity index (χ2n) is 4.68. The van der Waals surface area contributed by atoms with E-state index in [2.05, 4.69) is 0 Å². The van der Waals surface area contributed by atoms with Crippen LogP contribution < -0.4 is 10.2 Å². The van der Waals surface area contributed by atoms with Crippen LogP contribution in [0, 0.1) is 30.3 Å². The largest absolute Gasteiger partial charge is 0.497 e. The lowest BCUT2D eigenvalue weighted by molar-refractivity contribution is -0.404. The minimum absolute atomic E-state index is 0.0724. The average molecular weight is 379 g/mol. The Hall–Kier alpha value is -4.09. The standard InChI is InChI=1S/C9H10O2.C6H3N3O7/c1-2-11-9-7-5-3-4-6-8(9)10;10-6-4(8(13)14)1-3(7(11)12)2-5(6)9(15)16/h3-7H,2H2,1H3;1-2,10H. The predicted molar refractivity (Wildman–Crippen MR) is 92.0 cm³/mol. The monoisotopic (exact) mass is 379 g/mol. The maximum Gasteiger partial charge on any atom is 0.324 e. The van der Waals surface area contributed by atoms with Crippen molar-refractivity contribution in [1.82, 2.24) is 0 Å². The molecule has 0 amide bonds. The van der Waals surface area contributed by atoms with Crippen LogP contribution in [-0.2, 0) is 0 Å². The van der Waals surface area contributed by atoms with E-state index in [0.717, 1.165) is 0 Å². The molecule has 27 heavy (non-hydrogen) atoms. The van der Waals surface area contributed by atoms with Gasteiger partial charge >= 0.3 is 11.4 Å². The summed E-state index contributed by atoms with van der Waals surface area (Å²) in [6, 6.07) is 9.34. The van der Waals surface area contributed by atoms with Gasteiger partial charge in [-0.3, -0.25) is 35.1 Å². The number of phenolic OH excluding ortho intramolecular Hbond substituents is 1. The summed E-state index contributed by atoms with van der Waals surface area (Å²) in [5, 5.41) is 40.2. The molecule has 12 nitrogen and oxygen atoms in total. The third-order valence-corrected chi connectivity index (χ3v) is 2.92. The second-order valence-corrected chi connectivity index (χ2v) is 4.68. The number of non-ortho nitro benzene ring substituents is 1. The molecule has 0 bridgehead atoms. The van der Waals surface area contributed by atoms with E-state index in [1.54, 1.807) is 24.3 Å². The number of nitrogens with zero attached hydrogens (tertiary/aromatic N) is 3. The van der Waals surface area contributed by atoms with E-state index in [1.807, 2.05) is 6.92 Å². The van der Waals surface area contributed by atoms with Crippen LogP contribution in [0.2, 0.25) is 0 Å². The summed E-state index contributed by atoms with van der Waals surface area (Å²) >= 11 is 0. The number of nitro groups is 3. The SMILES string of the molecule is CCOc1cccccc1=O.O=[N+]([O-])c1cc([N+](=O)[O-])c(O)c([N+](=O)[O-])c1. The van der Waals surface area contributed by atoms with E-state index >= 15 is 0 Å². The van der Waals surface area contributed by atoms with Crippen molar-refractivity contribution in [2.24, 2.45) is 0 Å². The first-order valence-corrected chi connectivity index (χ1v) is 7.21. The van der Waals surface area contributed by atoms with Crippen LogP contribution in [0.15, 0.2) is 47.3 Å². The van der Waals surface area contributed by atoms with E-state index in [4.69, 9.17) is 9.84 Å². The smallest absolute Gasteiger partial charge is 0.324 e.